The van der Waals surface area contributed by atoms with Crippen LogP contribution >= 0.6 is 11.6 Å². The fourth-order valence-corrected chi connectivity index (χ4v) is 4.53. The van der Waals surface area contributed by atoms with E-state index in [-0.39, 0.29) is 17.9 Å². The fourth-order valence-electron chi connectivity index (χ4n) is 2.99. The summed E-state index contributed by atoms with van der Waals surface area (Å²) in [6.07, 6.45) is 1.54. The number of carbonyl (C=O) groups excluding carboxylic acids is 1. The molecular weight excluding hydrogens is 356 g/mol. The standard InChI is InChI=1S/C15H19ClN2O5S/c1-24(20,21)15(2-4-17-5-3-15)14(19)18-11-9-13-12(8-10(11)16)22-6-7-23-13/h8-9,17H,2-7H2,1H3,(H,18,19). The van der Waals surface area contributed by atoms with E-state index in [2.05, 4.69) is 10.6 Å². The molecule has 2 aliphatic heterocycles. The number of halogens is 1. The second-order valence-electron chi connectivity index (χ2n) is 5.95. The lowest BCUT2D eigenvalue weighted by Gasteiger charge is -2.34. The average Bonchev–Trinajstić information content (AvgIpc) is 2.55. The summed E-state index contributed by atoms with van der Waals surface area (Å²) in [5.74, 6) is 0.411. The highest BCUT2D eigenvalue weighted by atomic mass is 35.5. The highest BCUT2D eigenvalue weighted by Gasteiger charge is 2.48. The number of piperidine rings is 1. The highest BCUT2D eigenvalue weighted by Crippen LogP contribution is 2.39. The maximum Gasteiger partial charge on any atom is 0.245 e. The van der Waals surface area contributed by atoms with Crippen LogP contribution in [-0.2, 0) is 14.6 Å². The van der Waals surface area contributed by atoms with Crippen LogP contribution in [-0.4, -0.2) is 51.6 Å². The molecule has 7 nitrogen and oxygen atoms in total. The van der Waals surface area contributed by atoms with Crippen LogP contribution < -0.4 is 20.1 Å². The smallest absolute Gasteiger partial charge is 0.245 e. The Hall–Kier alpha value is -1.51. The van der Waals surface area contributed by atoms with Gasteiger partial charge in [-0.05, 0) is 25.9 Å². The summed E-state index contributed by atoms with van der Waals surface area (Å²) < 4.78 is 34.0. The number of hydrogen-bond acceptors (Lipinski definition) is 6. The number of ether oxygens (including phenoxy) is 2. The molecule has 2 heterocycles. The van der Waals surface area contributed by atoms with Crippen molar-refractivity contribution in [2.75, 3.05) is 37.9 Å². The molecule has 0 atom stereocenters. The number of rotatable bonds is 3. The molecule has 3 rings (SSSR count). The number of benzene rings is 1. The fraction of sp³-hybridized carbons (Fsp3) is 0.533. The molecule has 0 bridgehead atoms. The number of nitrogens with one attached hydrogen (secondary N) is 2. The Morgan fingerprint density at radius 1 is 1.21 bits per heavy atom. The van der Waals surface area contributed by atoms with Gasteiger partial charge in [0.2, 0.25) is 5.91 Å². The quantitative estimate of drug-likeness (QED) is 0.826. The molecule has 24 heavy (non-hydrogen) atoms. The molecule has 0 radical (unpaired) electrons. The molecule has 0 aliphatic carbocycles. The molecule has 1 fully saturated rings. The summed E-state index contributed by atoms with van der Waals surface area (Å²) in [4.78, 5) is 12.8. The normalized spacial score (nSPS) is 19.6. The molecule has 2 N–H and O–H groups in total. The second kappa shape index (κ2) is 6.42. The zero-order valence-corrected chi connectivity index (χ0v) is 14.8. The van der Waals surface area contributed by atoms with Gasteiger partial charge in [-0.15, -0.1) is 0 Å². The summed E-state index contributed by atoms with van der Waals surface area (Å²) in [5, 5.41) is 6.01. The molecule has 0 unspecified atom stereocenters. The predicted octanol–water partition coefficient (Wildman–Crippen LogP) is 1.22. The first-order valence-corrected chi connectivity index (χ1v) is 9.91. The largest absolute Gasteiger partial charge is 0.486 e. The Morgan fingerprint density at radius 2 is 1.79 bits per heavy atom. The van der Waals surface area contributed by atoms with Crippen LogP contribution in [0.5, 0.6) is 11.5 Å². The molecule has 0 saturated carbocycles. The Bertz CT molecular complexity index is 759. The van der Waals surface area contributed by atoms with E-state index in [4.69, 9.17) is 21.1 Å². The molecule has 1 aromatic carbocycles. The summed E-state index contributed by atoms with van der Waals surface area (Å²) in [5.41, 5.74) is 0.312. The van der Waals surface area contributed by atoms with Crippen molar-refractivity contribution in [1.82, 2.24) is 5.32 Å². The van der Waals surface area contributed by atoms with Crippen molar-refractivity contribution in [2.45, 2.75) is 17.6 Å². The predicted molar refractivity (Wildman–Crippen MR) is 90.8 cm³/mol. The van der Waals surface area contributed by atoms with Gasteiger partial charge in [0.15, 0.2) is 26.1 Å². The van der Waals surface area contributed by atoms with E-state index < -0.39 is 20.5 Å². The van der Waals surface area contributed by atoms with Crippen LogP contribution in [0.1, 0.15) is 12.8 Å². The number of hydrogen-bond donors (Lipinski definition) is 2. The Balaban J connectivity index is 1.91. The van der Waals surface area contributed by atoms with E-state index in [0.29, 0.717) is 43.5 Å². The third-order valence-electron chi connectivity index (χ3n) is 4.41. The van der Waals surface area contributed by atoms with E-state index in [1.807, 2.05) is 0 Å². The molecule has 9 heteroatoms. The Morgan fingerprint density at radius 3 is 2.38 bits per heavy atom. The molecule has 1 saturated heterocycles. The SMILES string of the molecule is CS(=O)(=O)C1(C(=O)Nc2cc3c(cc2Cl)OCCO3)CCNCC1. The zero-order valence-electron chi connectivity index (χ0n) is 13.2. The first-order valence-electron chi connectivity index (χ1n) is 7.64. The number of fused-ring (bicyclic) bond motifs is 1. The van der Waals surface area contributed by atoms with Gasteiger partial charge in [-0.25, -0.2) is 8.42 Å². The maximum atomic E-state index is 12.8. The van der Waals surface area contributed by atoms with Crippen molar-refractivity contribution in [3.05, 3.63) is 17.2 Å². The number of amides is 1. The minimum atomic E-state index is -3.59. The van der Waals surface area contributed by atoms with Gasteiger partial charge in [-0.2, -0.15) is 0 Å². The summed E-state index contributed by atoms with van der Waals surface area (Å²) in [6.45, 7) is 1.77. The minimum Gasteiger partial charge on any atom is -0.486 e. The summed E-state index contributed by atoms with van der Waals surface area (Å²) >= 11 is 6.19. The van der Waals surface area contributed by atoms with Crippen LogP contribution in [0.4, 0.5) is 5.69 Å². The number of sulfone groups is 1. The first-order chi connectivity index (χ1) is 11.3. The Labute approximate surface area is 145 Å². The Kier molecular flexibility index (Phi) is 4.63. The molecule has 1 amide bonds. The van der Waals surface area contributed by atoms with E-state index in [1.54, 1.807) is 12.1 Å². The van der Waals surface area contributed by atoms with Crippen molar-refractivity contribution in [2.24, 2.45) is 0 Å². The third-order valence-corrected chi connectivity index (χ3v) is 6.74. The molecule has 0 aromatic heterocycles. The van der Waals surface area contributed by atoms with Crippen LogP contribution in [0.3, 0.4) is 0 Å². The highest BCUT2D eigenvalue weighted by molar-refractivity contribution is 7.92. The molecule has 132 valence electrons. The lowest BCUT2D eigenvalue weighted by molar-refractivity contribution is -0.119. The van der Waals surface area contributed by atoms with E-state index in [1.165, 1.54) is 0 Å². The third kappa shape index (κ3) is 3.05. The zero-order chi connectivity index (χ0) is 17.4. The molecule has 2 aliphatic rings. The molecular formula is C15H19ClN2O5S. The van der Waals surface area contributed by atoms with E-state index in [0.717, 1.165) is 6.26 Å². The van der Waals surface area contributed by atoms with Crippen molar-refractivity contribution >= 4 is 33.0 Å². The van der Waals surface area contributed by atoms with Crippen molar-refractivity contribution < 1.29 is 22.7 Å². The lowest BCUT2D eigenvalue weighted by atomic mass is 9.95. The van der Waals surface area contributed by atoms with Gasteiger partial charge < -0.3 is 20.1 Å². The molecule has 0 spiro atoms. The maximum absolute atomic E-state index is 12.8. The van der Waals surface area contributed by atoms with Gasteiger partial charge >= 0.3 is 0 Å². The lowest BCUT2D eigenvalue weighted by Crippen LogP contribution is -2.55. The monoisotopic (exact) mass is 374 g/mol. The van der Waals surface area contributed by atoms with Gasteiger partial charge in [0.1, 0.15) is 13.2 Å². The second-order valence-corrected chi connectivity index (χ2v) is 8.68. The topological polar surface area (TPSA) is 93.7 Å². The van der Waals surface area contributed by atoms with Crippen LogP contribution in [0.25, 0.3) is 0 Å². The van der Waals surface area contributed by atoms with Crippen molar-refractivity contribution in [3.8, 4) is 11.5 Å². The van der Waals surface area contributed by atoms with Gasteiger partial charge in [-0.1, -0.05) is 11.6 Å². The summed E-state index contributed by atoms with van der Waals surface area (Å²) in [7, 11) is -3.59. The number of anilines is 1. The van der Waals surface area contributed by atoms with Gasteiger partial charge in [0.05, 0.1) is 10.7 Å². The van der Waals surface area contributed by atoms with Gasteiger partial charge in [0.25, 0.3) is 0 Å². The summed E-state index contributed by atoms with van der Waals surface area (Å²) in [6, 6.07) is 3.12. The minimum absolute atomic E-state index is 0.222. The van der Waals surface area contributed by atoms with Crippen LogP contribution in [0, 0.1) is 0 Å². The first kappa shape index (κ1) is 17.3. The number of carbonyl (C=O) groups is 1. The van der Waals surface area contributed by atoms with E-state index in [9.17, 15) is 13.2 Å². The van der Waals surface area contributed by atoms with Crippen LogP contribution in [0.15, 0.2) is 12.1 Å². The van der Waals surface area contributed by atoms with Gasteiger partial charge in [-0.3, -0.25) is 4.79 Å². The van der Waals surface area contributed by atoms with Crippen molar-refractivity contribution in [3.63, 3.8) is 0 Å². The average molecular weight is 375 g/mol. The van der Waals surface area contributed by atoms with Crippen LogP contribution in [0.2, 0.25) is 5.02 Å². The van der Waals surface area contributed by atoms with E-state index >= 15 is 0 Å². The van der Waals surface area contributed by atoms with Crippen molar-refractivity contribution in [1.29, 1.82) is 0 Å². The molecule has 1 aromatic rings. The van der Waals surface area contributed by atoms with Gasteiger partial charge in [0, 0.05) is 18.4 Å².